The summed E-state index contributed by atoms with van der Waals surface area (Å²) in [4.78, 5) is 24.2. The molecule has 0 heterocycles. The van der Waals surface area contributed by atoms with Gasteiger partial charge in [0.1, 0.15) is 5.82 Å². The molecule has 0 fully saturated rings. The summed E-state index contributed by atoms with van der Waals surface area (Å²) in [6, 6.07) is 10.4. The molecule has 7 heteroatoms. The van der Waals surface area contributed by atoms with Crippen molar-refractivity contribution in [2.75, 3.05) is 6.54 Å². The molecular weight excluding hydrogens is 391 g/mol. The Balaban J connectivity index is 2.13. The maximum Gasteiger partial charge on any atom is 0.269 e. The predicted molar refractivity (Wildman–Crippen MR) is 96.5 cm³/mol. The second-order valence-corrected chi connectivity index (χ2v) is 6.31. The molecule has 2 aromatic rings. The first kappa shape index (κ1) is 18.8. The highest BCUT2D eigenvalue weighted by atomic mass is 79.9. The number of nitro groups is 1. The van der Waals surface area contributed by atoms with Crippen LogP contribution in [0.2, 0.25) is 0 Å². The van der Waals surface area contributed by atoms with Gasteiger partial charge in [0, 0.05) is 35.3 Å². The fraction of sp³-hybridized carbons (Fsp3) is 0.167. The molecule has 25 heavy (non-hydrogen) atoms. The second kappa shape index (κ2) is 8.53. The molecule has 0 aliphatic heterocycles. The maximum atomic E-state index is 13.9. The van der Waals surface area contributed by atoms with Crippen molar-refractivity contribution in [2.45, 2.75) is 13.0 Å². The van der Waals surface area contributed by atoms with Crippen molar-refractivity contribution in [1.82, 2.24) is 4.90 Å². The fourth-order valence-corrected chi connectivity index (χ4v) is 2.71. The summed E-state index contributed by atoms with van der Waals surface area (Å²) in [5.41, 5.74) is 1.02. The molecule has 0 N–H and O–H groups in total. The van der Waals surface area contributed by atoms with Gasteiger partial charge in [-0.2, -0.15) is 0 Å². The number of amides is 1. The van der Waals surface area contributed by atoms with Gasteiger partial charge in [-0.25, -0.2) is 4.39 Å². The monoisotopic (exact) mass is 406 g/mol. The van der Waals surface area contributed by atoms with Crippen LogP contribution in [0.3, 0.4) is 0 Å². The molecular formula is C18H16BrFN2O3. The van der Waals surface area contributed by atoms with E-state index in [0.717, 1.165) is 4.47 Å². The third-order valence-electron chi connectivity index (χ3n) is 3.57. The number of carbonyl (C=O) groups is 1. The first-order chi connectivity index (χ1) is 11.9. The highest BCUT2D eigenvalue weighted by molar-refractivity contribution is 9.10. The standard InChI is InChI=1S/C18H16BrFN2O3/c1-2-9-21(12-14-11-15(19)5-8-17(14)20)18(23)10-13-3-6-16(7-4-13)22(24)25/h2-8,11H,1,9-10,12H2. The lowest BCUT2D eigenvalue weighted by atomic mass is 10.1. The normalized spacial score (nSPS) is 10.3. The average Bonchev–Trinajstić information content (AvgIpc) is 2.58. The van der Waals surface area contributed by atoms with Gasteiger partial charge in [-0.1, -0.05) is 34.1 Å². The van der Waals surface area contributed by atoms with Gasteiger partial charge in [-0.15, -0.1) is 6.58 Å². The molecule has 2 rings (SSSR count). The highest BCUT2D eigenvalue weighted by Gasteiger charge is 2.16. The van der Waals surface area contributed by atoms with E-state index in [9.17, 15) is 19.3 Å². The Hall–Kier alpha value is -2.54. The Morgan fingerprint density at radius 2 is 1.96 bits per heavy atom. The van der Waals surface area contributed by atoms with Crippen LogP contribution in [0.4, 0.5) is 10.1 Å². The van der Waals surface area contributed by atoms with Gasteiger partial charge in [0.05, 0.1) is 11.3 Å². The Kier molecular flexibility index (Phi) is 6.41. The van der Waals surface area contributed by atoms with Crippen molar-refractivity contribution in [2.24, 2.45) is 0 Å². The lowest BCUT2D eigenvalue weighted by molar-refractivity contribution is -0.384. The summed E-state index contributed by atoms with van der Waals surface area (Å²) in [6.45, 7) is 4.02. The summed E-state index contributed by atoms with van der Waals surface area (Å²) < 4.78 is 14.7. The molecule has 0 saturated heterocycles. The van der Waals surface area contributed by atoms with Crippen LogP contribution in [0.25, 0.3) is 0 Å². The minimum atomic E-state index is -0.494. The van der Waals surface area contributed by atoms with E-state index >= 15 is 0 Å². The van der Waals surface area contributed by atoms with Crippen LogP contribution in [-0.2, 0) is 17.8 Å². The van der Waals surface area contributed by atoms with E-state index in [-0.39, 0.29) is 36.9 Å². The SMILES string of the molecule is C=CCN(Cc1cc(Br)ccc1F)C(=O)Cc1ccc([N+](=O)[O-])cc1. The molecule has 130 valence electrons. The summed E-state index contributed by atoms with van der Waals surface area (Å²) in [5, 5.41) is 10.7. The molecule has 5 nitrogen and oxygen atoms in total. The van der Waals surface area contributed by atoms with E-state index < -0.39 is 4.92 Å². The summed E-state index contributed by atoms with van der Waals surface area (Å²) >= 11 is 3.29. The molecule has 0 atom stereocenters. The smallest absolute Gasteiger partial charge is 0.269 e. The lowest BCUT2D eigenvalue weighted by Crippen LogP contribution is -2.32. The summed E-state index contributed by atoms with van der Waals surface area (Å²) in [6.07, 6.45) is 1.64. The first-order valence-electron chi connectivity index (χ1n) is 7.46. The number of benzene rings is 2. The van der Waals surface area contributed by atoms with E-state index in [1.165, 1.54) is 23.1 Å². The number of rotatable bonds is 7. The number of nitrogens with zero attached hydrogens (tertiary/aromatic N) is 2. The Labute approximate surface area is 153 Å². The molecule has 0 saturated carbocycles. The van der Waals surface area contributed by atoms with Gasteiger partial charge in [-0.05, 0) is 23.8 Å². The summed E-state index contributed by atoms with van der Waals surface area (Å²) in [7, 11) is 0. The van der Waals surface area contributed by atoms with Crippen molar-refractivity contribution in [3.63, 3.8) is 0 Å². The third kappa shape index (κ3) is 5.22. The van der Waals surface area contributed by atoms with E-state index in [1.54, 1.807) is 30.3 Å². The fourth-order valence-electron chi connectivity index (χ4n) is 2.30. The van der Waals surface area contributed by atoms with Gasteiger partial charge >= 0.3 is 0 Å². The van der Waals surface area contributed by atoms with Gasteiger partial charge in [-0.3, -0.25) is 14.9 Å². The van der Waals surface area contributed by atoms with Crippen LogP contribution in [0, 0.1) is 15.9 Å². The van der Waals surface area contributed by atoms with Crippen LogP contribution in [0.15, 0.2) is 59.6 Å². The zero-order valence-electron chi connectivity index (χ0n) is 13.3. The quantitative estimate of drug-likeness (QED) is 0.392. The minimum absolute atomic E-state index is 0.0321. The molecule has 0 radical (unpaired) electrons. The van der Waals surface area contributed by atoms with Crippen molar-refractivity contribution < 1.29 is 14.1 Å². The van der Waals surface area contributed by atoms with Crippen LogP contribution in [0.1, 0.15) is 11.1 Å². The van der Waals surface area contributed by atoms with Crippen LogP contribution < -0.4 is 0 Å². The average molecular weight is 407 g/mol. The number of carbonyl (C=O) groups excluding carboxylic acids is 1. The van der Waals surface area contributed by atoms with Gasteiger partial charge in [0.15, 0.2) is 0 Å². The number of non-ortho nitro benzene ring substituents is 1. The van der Waals surface area contributed by atoms with Gasteiger partial charge in [0.2, 0.25) is 5.91 Å². The molecule has 0 bridgehead atoms. The molecule has 0 aliphatic rings. The van der Waals surface area contributed by atoms with Crippen molar-refractivity contribution >= 4 is 27.5 Å². The number of hydrogen-bond acceptors (Lipinski definition) is 3. The topological polar surface area (TPSA) is 63.5 Å². The largest absolute Gasteiger partial charge is 0.334 e. The van der Waals surface area contributed by atoms with Crippen molar-refractivity contribution in [3.05, 3.63) is 86.7 Å². The minimum Gasteiger partial charge on any atom is -0.334 e. The lowest BCUT2D eigenvalue weighted by Gasteiger charge is -2.22. The number of hydrogen-bond donors (Lipinski definition) is 0. The third-order valence-corrected chi connectivity index (χ3v) is 4.07. The van der Waals surface area contributed by atoms with E-state index in [1.807, 2.05) is 0 Å². The van der Waals surface area contributed by atoms with Crippen LogP contribution in [-0.4, -0.2) is 22.3 Å². The molecule has 1 amide bonds. The van der Waals surface area contributed by atoms with E-state index in [4.69, 9.17) is 0 Å². The molecule has 0 spiro atoms. The van der Waals surface area contributed by atoms with Gasteiger partial charge < -0.3 is 4.90 Å². The zero-order valence-corrected chi connectivity index (χ0v) is 14.9. The van der Waals surface area contributed by atoms with Crippen LogP contribution >= 0.6 is 15.9 Å². The molecule has 0 aliphatic carbocycles. The molecule has 2 aromatic carbocycles. The molecule has 0 aromatic heterocycles. The maximum absolute atomic E-state index is 13.9. The van der Waals surface area contributed by atoms with Crippen molar-refractivity contribution in [3.8, 4) is 0 Å². The van der Waals surface area contributed by atoms with E-state index in [2.05, 4.69) is 22.5 Å². The Morgan fingerprint density at radius 1 is 1.28 bits per heavy atom. The number of nitro benzene ring substituents is 1. The summed E-state index contributed by atoms with van der Waals surface area (Å²) in [5.74, 6) is -0.603. The molecule has 0 unspecified atom stereocenters. The van der Waals surface area contributed by atoms with Crippen LogP contribution in [0.5, 0.6) is 0 Å². The highest BCUT2D eigenvalue weighted by Crippen LogP contribution is 2.18. The van der Waals surface area contributed by atoms with Gasteiger partial charge in [0.25, 0.3) is 5.69 Å². The Morgan fingerprint density at radius 3 is 2.56 bits per heavy atom. The predicted octanol–water partition coefficient (Wildman–Crippen LogP) is 4.25. The Bertz CT molecular complexity index is 793. The zero-order chi connectivity index (χ0) is 18.4. The van der Waals surface area contributed by atoms with Crippen molar-refractivity contribution in [1.29, 1.82) is 0 Å². The number of halogens is 2. The van der Waals surface area contributed by atoms with E-state index in [0.29, 0.717) is 11.1 Å². The second-order valence-electron chi connectivity index (χ2n) is 5.40. The first-order valence-corrected chi connectivity index (χ1v) is 8.26.